The van der Waals surface area contributed by atoms with Crippen molar-refractivity contribution >= 4 is 23.2 Å². The molecule has 1 aliphatic rings. The van der Waals surface area contributed by atoms with Gasteiger partial charge in [0, 0.05) is 48.8 Å². The smallest absolute Gasteiger partial charge is 0.0484 e. The fourth-order valence-electron chi connectivity index (χ4n) is 2.45. The highest BCUT2D eigenvalue weighted by Crippen LogP contribution is 2.29. The highest BCUT2D eigenvalue weighted by atomic mass is 35.5. The van der Waals surface area contributed by atoms with Gasteiger partial charge in [0.2, 0.25) is 0 Å². The molecule has 2 rings (SSSR count). The number of nitrogens with one attached hydrogen (secondary N) is 1. The molecule has 19 heavy (non-hydrogen) atoms. The molecule has 0 amide bonds. The Kier molecular flexibility index (Phi) is 5.48. The van der Waals surface area contributed by atoms with E-state index in [1.165, 1.54) is 0 Å². The number of likely N-dealkylation sites (N-methyl/N-ethyl adjacent to an activating group) is 1. The zero-order chi connectivity index (χ0) is 13.8. The quantitative estimate of drug-likeness (QED) is 0.922. The van der Waals surface area contributed by atoms with Gasteiger partial charge in [-0.25, -0.2) is 0 Å². The summed E-state index contributed by atoms with van der Waals surface area (Å²) in [4.78, 5) is 4.70. The zero-order valence-corrected chi connectivity index (χ0v) is 13.0. The summed E-state index contributed by atoms with van der Waals surface area (Å²) in [6, 6.07) is 6.07. The van der Waals surface area contributed by atoms with Crippen LogP contribution in [0.3, 0.4) is 0 Å². The second-order valence-corrected chi connectivity index (χ2v) is 6.04. The van der Waals surface area contributed by atoms with Crippen LogP contribution < -0.4 is 5.32 Å². The van der Waals surface area contributed by atoms with Gasteiger partial charge < -0.3 is 10.2 Å². The average molecular weight is 302 g/mol. The minimum absolute atomic E-state index is 0.294. The molecule has 1 unspecified atom stereocenters. The molecule has 106 valence electrons. The largest absolute Gasteiger partial charge is 0.314 e. The second-order valence-electron chi connectivity index (χ2n) is 5.20. The Morgan fingerprint density at radius 1 is 1.26 bits per heavy atom. The Balaban J connectivity index is 2.14. The number of benzene rings is 1. The van der Waals surface area contributed by atoms with Crippen LogP contribution in [0.4, 0.5) is 0 Å². The van der Waals surface area contributed by atoms with E-state index in [0.29, 0.717) is 11.1 Å². The summed E-state index contributed by atoms with van der Waals surface area (Å²) in [7, 11) is 4.19. The maximum atomic E-state index is 6.34. The van der Waals surface area contributed by atoms with Crippen molar-refractivity contribution < 1.29 is 0 Å². The number of hydrogen-bond donors (Lipinski definition) is 1. The van der Waals surface area contributed by atoms with Crippen molar-refractivity contribution in [3.8, 4) is 0 Å². The third-order valence-electron chi connectivity index (χ3n) is 3.59. The fourth-order valence-corrected chi connectivity index (χ4v) is 2.98. The van der Waals surface area contributed by atoms with Gasteiger partial charge in [-0.3, -0.25) is 4.90 Å². The average Bonchev–Trinajstić information content (AvgIpc) is 2.38. The van der Waals surface area contributed by atoms with E-state index in [1.54, 1.807) is 0 Å². The topological polar surface area (TPSA) is 18.5 Å². The first kappa shape index (κ1) is 15.1. The molecule has 1 saturated heterocycles. The molecule has 1 aromatic carbocycles. The molecule has 1 heterocycles. The van der Waals surface area contributed by atoms with E-state index in [1.807, 2.05) is 18.2 Å². The fraction of sp³-hybridized carbons (Fsp3) is 0.571. The monoisotopic (exact) mass is 301 g/mol. The predicted octanol–water partition coefficient (Wildman–Crippen LogP) is 2.50. The summed E-state index contributed by atoms with van der Waals surface area (Å²) in [5.74, 6) is 0. The first-order chi connectivity index (χ1) is 9.08. The normalized spacial score (nSPS) is 18.8. The zero-order valence-electron chi connectivity index (χ0n) is 11.5. The molecule has 5 heteroatoms. The number of nitrogens with zero attached hydrogens (tertiary/aromatic N) is 2. The van der Waals surface area contributed by atoms with Crippen LogP contribution in [-0.2, 0) is 0 Å². The molecule has 0 saturated carbocycles. The van der Waals surface area contributed by atoms with Gasteiger partial charge >= 0.3 is 0 Å². The Hall–Kier alpha value is -0.320. The van der Waals surface area contributed by atoms with E-state index in [9.17, 15) is 0 Å². The summed E-state index contributed by atoms with van der Waals surface area (Å²) >= 11 is 12.3. The van der Waals surface area contributed by atoms with E-state index in [4.69, 9.17) is 23.2 Å². The number of piperazine rings is 1. The molecule has 0 bridgehead atoms. The van der Waals surface area contributed by atoms with E-state index in [2.05, 4.69) is 29.2 Å². The highest BCUT2D eigenvalue weighted by Gasteiger charge is 2.21. The maximum absolute atomic E-state index is 6.34. The number of halogens is 2. The Morgan fingerprint density at radius 3 is 2.53 bits per heavy atom. The van der Waals surface area contributed by atoms with Crippen molar-refractivity contribution in [2.24, 2.45) is 0 Å². The van der Waals surface area contributed by atoms with Crippen LogP contribution in [0.25, 0.3) is 0 Å². The van der Waals surface area contributed by atoms with Gasteiger partial charge in [0.15, 0.2) is 0 Å². The number of hydrogen-bond acceptors (Lipinski definition) is 3. The summed E-state index contributed by atoms with van der Waals surface area (Å²) in [6.45, 7) is 5.31. The van der Waals surface area contributed by atoms with Gasteiger partial charge in [0.25, 0.3) is 0 Å². The Bertz CT molecular complexity index is 417. The summed E-state index contributed by atoms with van der Waals surface area (Å²) in [5.41, 5.74) is 1.15. The van der Waals surface area contributed by atoms with Crippen molar-refractivity contribution in [2.75, 3.05) is 46.8 Å². The van der Waals surface area contributed by atoms with Crippen LogP contribution in [0.5, 0.6) is 0 Å². The van der Waals surface area contributed by atoms with E-state index in [-0.39, 0.29) is 0 Å². The van der Waals surface area contributed by atoms with Crippen LogP contribution in [0, 0.1) is 0 Å². The summed E-state index contributed by atoms with van der Waals surface area (Å²) < 4.78 is 0. The third kappa shape index (κ3) is 4.07. The standard InChI is InChI=1S/C14H21Cl2N3/c1-18(2)14(10-19-7-5-17-6-8-19)12-4-3-11(15)9-13(12)16/h3-4,9,14,17H,5-8,10H2,1-2H3. The van der Waals surface area contributed by atoms with Gasteiger partial charge in [-0.05, 0) is 31.8 Å². The van der Waals surface area contributed by atoms with Crippen molar-refractivity contribution in [3.63, 3.8) is 0 Å². The Labute approximate surface area is 125 Å². The van der Waals surface area contributed by atoms with Crippen LogP contribution in [0.1, 0.15) is 11.6 Å². The van der Waals surface area contributed by atoms with Crippen LogP contribution in [0.2, 0.25) is 10.0 Å². The van der Waals surface area contributed by atoms with Gasteiger partial charge in [0.1, 0.15) is 0 Å². The highest BCUT2D eigenvalue weighted by molar-refractivity contribution is 6.35. The predicted molar refractivity (Wildman–Crippen MR) is 82.2 cm³/mol. The molecule has 0 aromatic heterocycles. The third-order valence-corrected chi connectivity index (χ3v) is 4.15. The lowest BCUT2D eigenvalue weighted by molar-refractivity contribution is 0.168. The minimum atomic E-state index is 0.294. The Morgan fingerprint density at radius 2 is 1.95 bits per heavy atom. The maximum Gasteiger partial charge on any atom is 0.0484 e. The van der Waals surface area contributed by atoms with Gasteiger partial charge in [-0.15, -0.1) is 0 Å². The van der Waals surface area contributed by atoms with Crippen molar-refractivity contribution in [1.82, 2.24) is 15.1 Å². The molecular weight excluding hydrogens is 281 g/mol. The van der Waals surface area contributed by atoms with Gasteiger partial charge in [0.05, 0.1) is 0 Å². The molecule has 1 fully saturated rings. The van der Waals surface area contributed by atoms with Crippen molar-refractivity contribution in [1.29, 1.82) is 0 Å². The summed E-state index contributed by atoms with van der Waals surface area (Å²) in [5, 5.41) is 4.82. The van der Waals surface area contributed by atoms with Crippen molar-refractivity contribution in [2.45, 2.75) is 6.04 Å². The SMILES string of the molecule is CN(C)C(CN1CCNCC1)c1ccc(Cl)cc1Cl. The lowest BCUT2D eigenvalue weighted by Crippen LogP contribution is -2.46. The molecule has 0 radical (unpaired) electrons. The molecule has 0 aliphatic carbocycles. The lowest BCUT2D eigenvalue weighted by atomic mass is 10.0. The first-order valence-electron chi connectivity index (χ1n) is 6.62. The number of rotatable bonds is 4. The van der Waals surface area contributed by atoms with E-state index in [0.717, 1.165) is 43.3 Å². The lowest BCUT2D eigenvalue weighted by Gasteiger charge is -2.34. The first-order valence-corrected chi connectivity index (χ1v) is 7.38. The van der Waals surface area contributed by atoms with E-state index < -0.39 is 0 Å². The van der Waals surface area contributed by atoms with Crippen LogP contribution in [-0.4, -0.2) is 56.6 Å². The minimum Gasteiger partial charge on any atom is -0.314 e. The molecule has 0 spiro atoms. The molecule has 1 aromatic rings. The van der Waals surface area contributed by atoms with E-state index >= 15 is 0 Å². The molecule has 3 nitrogen and oxygen atoms in total. The van der Waals surface area contributed by atoms with Gasteiger partial charge in [-0.1, -0.05) is 29.3 Å². The van der Waals surface area contributed by atoms with Gasteiger partial charge in [-0.2, -0.15) is 0 Å². The second kappa shape index (κ2) is 6.91. The van der Waals surface area contributed by atoms with Crippen LogP contribution >= 0.6 is 23.2 Å². The van der Waals surface area contributed by atoms with Crippen molar-refractivity contribution in [3.05, 3.63) is 33.8 Å². The molecular formula is C14H21Cl2N3. The molecule has 1 aliphatic heterocycles. The van der Waals surface area contributed by atoms with Crippen LogP contribution in [0.15, 0.2) is 18.2 Å². The molecule has 1 N–H and O–H groups in total. The summed E-state index contributed by atoms with van der Waals surface area (Å²) in [6.07, 6.45) is 0. The molecule has 1 atom stereocenters.